The van der Waals surface area contributed by atoms with Crippen molar-refractivity contribution in [2.75, 3.05) is 7.11 Å². The molecule has 0 saturated heterocycles. The van der Waals surface area contributed by atoms with Gasteiger partial charge in [-0.25, -0.2) is 9.18 Å². The second kappa shape index (κ2) is 6.74. The van der Waals surface area contributed by atoms with Gasteiger partial charge in [0.05, 0.1) is 19.2 Å². The van der Waals surface area contributed by atoms with Crippen molar-refractivity contribution >= 4 is 27.8 Å². The number of methoxy groups -OCH3 is 1. The maximum atomic E-state index is 13.6. The van der Waals surface area contributed by atoms with E-state index in [0.29, 0.717) is 21.6 Å². The van der Waals surface area contributed by atoms with Gasteiger partial charge in [-0.2, -0.15) is 0 Å². The van der Waals surface area contributed by atoms with E-state index in [-0.39, 0.29) is 12.1 Å². The van der Waals surface area contributed by atoms with Gasteiger partial charge in [-0.15, -0.1) is 0 Å². The smallest absolute Gasteiger partial charge is 0.341 e. The van der Waals surface area contributed by atoms with Crippen LogP contribution in [-0.4, -0.2) is 19.0 Å². The lowest BCUT2D eigenvalue weighted by molar-refractivity contribution is 0.0598. The van der Waals surface area contributed by atoms with Crippen LogP contribution in [0.1, 0.15) is 32.2 Å². The lowest BCUT2D eigenvalue weighted by Crippen LogP contribution is -2.23. The monoisotopic (exact) mass is 369 g/mol. The van der Waals surface area contributed by atoms with Gasteiger partial charge in [0.25, 0.3) is 5.91 Å². The van der Waals surface area contributed by atoms with Crippen LogP contribution in [0.5, 0.6) is 0 Å². The van der Waals surface area contributed by atoms with Crippen LogP contribution in [0.3, 0.4) is 0 Å². The fourth-order valence-electron chi connectivity index (χ4n) is 1.88. The minimum Gasteiger partial charge on any atom is -0.465 e. The predicted molar refractivity (Wildman–Crippen MR) is 80.1 cm³/mol. The highest BCUT2D eigenvalue weighted by Crippen LogP contribution is 2.17. The maximum Gasteiger partial charge on any atom is 0.341 e. The van der Waals surface area contributed by atoms with Crippen LogP contribution in [0.25, 0.3) is 0 Å². The molecular formula is C15H13BrFNO4. The number of nitrogens with one attached hydrogen (secondary N) is 1. The van der Waals surface area contributed by atoms with Crippen molar-refractivity contribution in [3.63, 3.8) is 0 Å². The summed E-state index contributed by atoms with van der Waals surface area (Å²) in [5.41, 5.74) is 0.214. The molecule has 0 saturated carbocycles. The molecule has 0 aliphatic heterocycles. The van der Waals surface area contributed by atoms with Gasteiger partial charge in [0.2, 0.25) is 0 Å². The molecule has 22 heavy (non-hydrogen) atoms. The standard InChI is InChI=1S/C15H13BrFNO4/c1-8-11(15(20)21-2)6-10(22-8)7-18-14(19)12-5-9(16)3-4-13(12)17/h3-6H,7H2,1-2H3,(H,18,19). The topological polar surface area (TPSA) is 68.5 Å². The molecule has 1 N–H and O–H groups in total. The van der Waals surface area contributed by atoms with Crippen LogP contribution >= 0.6 is 15.9 Å². The number of esters is 1. The highest BCUT2D eigenvalue weighted by atomic mass is 79.9. The predicted octanol–water partition coefficient (Wildman–Crippen LogP) is 3.21. The second-order valence-electron chi connectivity index (χ2n) is 4.48. The first kappa shape index (κ1) is 16.2. The zero-order valence-electron chi connectivity index (χ0n) is 11.9. The Labute approximate surface area is 134 Å². The molecule has 2 aromatic rings. The van der Waals surface area contributed by atoms with Crippen molar-refractivity contribution in [3.05, 3.63) is 57.2 Å². The summed E-state index contributed by atoms with van der Waals surface area (Å²) in [5, 5.41) is 2.54. The molecule has 0 unspecified atom stereocenters. The third kappa shape index (κ3) is 3.54. The Kier molecular flexibility index (Phi) is 4.97. The van der Waals surface area contributed by atoms with E-state index in [2.05, 4.69) is 26.0 Å². The Bertz CT molecular complexity index is 726. The number of carbonyl (C=O) groups is 2. The number of furan rings is 1. The summed E-state index contributed by atoms with van der Waals surface area (Å²) in [6.45, 7) is 1.65. The SMILES string of the molecule is COC(=O)c1cc(CNC(=O)c2cc(Br)ccc2F)oc1C. The summed E-state index contributed by atoms with van der Waals surface area (Å²) in [6.07, 6.45) is 0. The van der Waals surface area contributed by atoms with Crippen LogP contribution in [0.15, 0.2) is 33.2 Å². The Hall–Kier alpha value is -2.15. The Morgan fingerprint density at radius 2 is 2.05 bits per heavy atom. The molecular weight excluding hydrogens is 357 g/mol. The molecule has 5 nitrogen and oxygen atoms in total. The van der Waals surface area contributed by atoms with Gasteiger partial charge in [0.1, 0.15) is 22.9 Å². The zero-order chi connectivity index (χ0) is 16.3. The molecule has 0 aliphatic rings. The van der Waals surface area contributed by atoms with Crippen molar-refractivity contribution in [3.8, 4) is 0 Å². The molecule has 1 aromatic carbocycles. The van der Waals surface area contributed by atoms with Crippen molar-refractivity contribution in [1.29, 1.82) is 0 Å². The minimum absolute atomic E-state index is 0.0304. The average Bonchev–Trinajstić information content (AvgIpc) is 2.87. The van der Waals surface area contributed by atoms with Crippen molar-refractivity contribution in [2.45, 2.75) is 13.5 Å². The van der Waals surface area contributed by atoms with E-state index in [9.17, 15) is 14.0 Å². The van der Waals surface area contributed by atoms with Crippen LogP contribution < -0.4 is 5.32 Å². The van der Waals surface area contributed by atoms with E-state index in [1.165, 1.54) is 31.4 Å². The highest BCUT2D eigenvalue weighted by molar-refractivity contribution is 9.10. The van der Waals surface area contributed by atoms with E-state index in [1.54, 1.807) is 6.92 Å². The molecule has 0 fully saturated rings. The van der Waals surface area contributed by atoms with Gasteiger partial charge < -0.3 is 14.5 Å². The molecule has 0 bridgehead atoms. The lowest BCUT2D eigenvalue weighted by atomic mass is 10.2. The molecule has 2 rings (SSSR count). The normalized spacial score (nSPS) is 10.4. The average molecular weight is 370 g/mol. The quantitative estimate of drug-likeness (QED) is 0.840. The number of rotatable bonds is 4. The number of benzene rings is 1. The molecule has 0 spiro atoms. The fourth-order valence-corrected chi connectivity index (χ4v) is 2.24. The molecule has 7 heteroatoms. The van der Waals surface area contributed by atoms with Gasteiger partial charge in [-0.1, -0.05) is 15.9 Å². The second-order valence-corrected chi connectivity index (χ2v) is 5.40. The molecule has 1 heterocycles. The minimum atomic E-state index is -0.619. The van der Waals surface area contributed by atoms with Gasteiger partial charge in [-0.3, -0.25) is 4.79 Å². The van der Waals surface area contributed by atoms with E-state index in [0.717, 1.165) is 0 Å². The first-order valence-electron chi connectivity index (χ1n) is 6.33. The summed E-state index contributed by atoms with van der Waals surface area (Å²) in [6, 6.07) is 5.58. The first-order valence-corrected chi connectivity index (χ1v) is 7.12. The van der Waals surface area contributed by atoms with Gasteiger partial charge >= 0.3 is 5.97 Å². The number of amides is 1. The molecule has 0 atom stereocenters. The summed E-state index contributed by atoms with van der Waals surface area (Å²) in [7, 11) is 1.27. The van der Waals surface area contributed by atoms with Gasteiger partial charge in [0.15, 0.2) is 0 Å². The molecule has 0 aliphatic carbocycles. The zero-order valence-corrected chi connectivity index (χ0v) is 13.5. The number of hydrogen-bond acceptors (Lipinski definition) is 4. The van der Waals surface area contributed by atoms with Gasteiger partial charge in [0, 0.05) is 4.47 Å². The van der Waals surface area contributed by atoms with Crippen LogP contribution in [0.4, 0.5) is 4.39 Å². The van der Waals surface area contributed by atoms with Crippen molar-refractivity contribution in [2.24, 2.45) is 0 Å². The van der Waals surface area contributed by atoms with Crippen LogP contribution in [0.2, 0.25) is 0 Å². The highest BCUT2D eigenvalue weighted by Gasteiger charge is 2.17. The first-order chi connectivity index (χ1) is 10.4. The van der Waals surface area contributed by atoms with E-state index in [1.807, 2.05) is 0 Å². The Morgan fingerprint density at radius 3 is 2.73 bits per heavy atom. The molecule has 0 radical (unpaired) electrons. The fraction of sp³-hybridized carbons (Fsp3) is 0.200. The van der Waals surface area contributed by atoms with E-state index < -0.39 is 17.7 Å². The maximum absolute atomic E-state index is 13.6. The summed E-state index contributed by atoms with van der Waals surface area (Å²) >= 11 is 3.18. The lowest BCUT2D eigenvalue weighted by Gasteiger charge is -2.05. The number of halogens is 2. The number of hydrogen-bond donors (Lipinski definition) is 1. The molecule has 1 aromatic heterocycles. The summed E-state index contributed by atoms with van der Waals surface area (Å²) in [5.74, 6) is -0.942. The molecule has 1 amide bonds. The summed E-state index contributed by atoms with van der Waals surface area (Å²) < 4.78 is 24.2. The van der Waals surface area contributed by atoms with E-state index >= 15 is 0 Å². The van der Waals surface area contributed by atoms with Crippen molar-refractivity contribution < 1.29 is 23.1 Å². The van der Waals surface area contributed by atoms with Crippen LogP contribution in [-0.2, 0) is 11.3 Å². The van der Waals surface area contributed by atoms with Crippen molar-refractivity contribution in [1.82, 2.24) is 5.32 Å². The molecule has 116 valence electrons. The summed E-state index contributed by atoms with van der Waals surface area (Å²) in [4.78, 5) is 23.4. The number of aryl methyl sites for hydroxylation is 1. The van der Waals surface area contributed by atoms with Crippen LogP contribution in [0, 0.1) is 12.7 Å². The largest absolute Gasteiger partial charge is 0.465 e. The Balaban J connectivity index is 2.08. The number of ether oxygens (including phenoxy) is 1. The third-order valence-corrected chi connectivity index (χ3v) is 3.46. The van der Waals surface area contributed by atoms with E-state index in [4.69, 9.17) is 4.42 Å². The van der Waals surface area contributed by atoms with Gasteiger partial charge in [-0.05, 0) is 31.2 Å². The number of carbonyl (C=O) groups excluding carboxylic acids is 2. The Morgan fingerprint density at radius 1 is 1.32 bits per heavy atom. The third-order valence-electron chi connectivity index (χ3n) is 2.97.